The first-order chi connectivity index (χ1) is 12.2. The van der Waals surface area contributed by atoms with Crippen LogP contribution in [0.3, 0.4) is 0 Å². The van der Waals surface area contributed by atoms with E-state index in [1.54, 1.807) is 13.8 Å². The summed E-state index contributed by atoms with van der Waals surface area (Å²) in [7, 11) is -3.59. The van der Waals surface area contributed by atoms with Gasteiger partial charge in [0.1, 0.15) is 0 Å². The lowest BCUT2D eigenvalue weighted by atomic mass is 9.99. The summed E-state index contributed by atoms with van der Waals surface area (Å²) >= 11 is 0. The summed E-state index contributed by atoms with van der Waals surface area (Å²) in [5.74, 6) is 0.926. The van der Waals surface area contributed by atoms with Crippen molar-refractivity contribution in [2.45, 2.75) is 63.3 Å². The van der Waals surface area contributed by atoms with Crippen LogP contribution in [0.2, 0.25) is 0 Å². The van der Waals surface area contributed by atoms with Crippen LogP contribution in [0.5, 0.6) is 0 Å². The maximum Gasteiger partial charge on any atom is 0.241 e. The van der Waals surface area contributed by atoms with Gasteiger partial charge in [0.05, 0.1) is 10.4 Å². The molecule has 0 radical (unpaired) electrons. The van der Waals surface area contributed by atoms with Crippen LogP contribution in [-0.2, 0) is 22.0 Å². The standard InChI is InChI=1S/C18H26N4O3S.ClH/c1-12-10-13(2)16(14(3)11-12)26(23,24)20-9-6-15-21-17(22-25-15)18(19)7-4-5-8-18;/h10-11,20H,4-9,19H2,1-3H3;1H. The predicted molar refractivity (Wildman–Crippen MR) is 105 cm³/mol. The van der Waals surface area contributed by atoms with E-state index in [4.69, 9.17) is 10.3 Å². The van der Waals surface area contributed by atoms with Gasteiger partial charge in [-0.3, -0.25) is 0 Å². The lowest BCUT2D eigenvalue weighted by molar-refractivity contribution is 0.348. The Morgan fingerprint density at radius 2 is 1.78 bits per heavy atom. The summed E-state index contributed by atoms with van der Waals surface area (Å²) in [6.07, 6.45) is 4.16. The lowest BCUT2D eigenvalue weighted by Gasteiger charge is -2.17. The van der Waals surface area contributed by atoms with Crippen molar-refractivity contribution >= 4 is 22.4 Å². The normalized spacial score (nSPS) is 16.3. The quantitative estimate of drug-likeness (QED) is 0.751. The third kappa shape index (κ3) is 4.68. The molecule has 1 aromatic carbocycles. The molecule has 1 heterocycles. The Bertz CT molecular complexity index is 882. The Labute approximate surface area is 166 Å². The molecular formula is C18H27ClN4O3S. The molecule has 1 saturated carbocycles. The Morgan fingerprint density at radius 3 is 2.37 bits per heavy atom. The van der Waals surface area contributed by atoms with Gasteiger partial charge in [0, 0.05) is 13.0 Å². The number of hydrogen-bond donors (Lipinski definition) is 2. The van der Waals surface area contributed by atoms with E-state index in [-0.39, 0.29) is 19.0 Å². The molecule has 0 saturated heterocycles. The molecule has 1 aromatic heterocycles. The summed E-state index contributed by atoms with van der Waals surface area (Å²) in [4.78, 5) is 4.70. The van der Waals surface area contributed by atoms with Crippen LogP contribution in [0.1, 0.15) is 54.1 Å². The zero-order chi connectivity index (χ0) is 18.9. The number of rotatable bonds is 6. The first-order valence-corrected chi connectivity index (χ1v) is 10.4. The van der Waals surface area contributed by atoms with Crippen LogP contribution in [0.15, 0.2) is 21.6 Å². The number of aryl methyl sites for hydroxylation is 3. The second-order valence-electron chi connectivity index (χ2n) is 7.25. The fourth-order valence-corrected chi connectivity index (χ4v) is 5.22. The van der Waals surface area contributed by atoms with Gasteiger partial charge in [0.2, 0.25) is 15.9 Å². The molecule has 0 amide bonds. The van der Waals surface area contributed by atoms with Gasteiger partial charge in [0.15, 0.2) is 5.82 Å². The minimum atomic E-state index is -3.59. The van der Waals surface area contributed by atoms with Gasteiger partial charge in [-0.1, -0.05) is 35.7 Å². The molecule has 27 heavy (non-hydrogen) atoms. The van der Waals surface area contributed by atoms with Crippen molar-refractivity contribution in [2.24, 2.45) is 5.73 Å². The van der Waals surface area contributed by atoms with Crippen molar-refractivity contribution in [2.75, 3.05) is 6.54 Å². The van der Waals surface area contributed by atoms with E-state index < -0.39 is 15.6 Å². The van der Waals surface area contributed by atoms with Crippen LogP contribution in [0.25, 0.3) is 0 Å². The molecule has 3 N–H and O–H groups in total. The van der Waals surface area contributed by atoms with Gasteiger partial charge in [0.25, 0.3) is 0 Å². The second-order valence-corrected chi connectivity index (χ2v) is 8.95. The first kappa shape index (κ1) is 21.8. The van der Waals surface area contributed by atoms with E-state index in [9.17, 15) is 8.42 Å². The molecule has 7 nitrogen and oxygen atoms in total. The van der Waals surface area contributed by atoms with E-state index in [1.165, 1.54) is 0 Å². The van der Waals surface area contributed by atoms with Gasteiger partial charge in [-0.05, 0) is 44.7 Å². The third-order valence-corrected chi connectivity index (χ3v) is 6.68. The molecule has 1 aliphatic carbocycles. The minimum absolute atomic E-state index is 0. The monoisotopic (exact) mass is 414 g/mol. The molecule has 1 fully saturated rings. The van der Waals surface area contributed by atoms with E-state index >= 15 is 0 Å². The van der Waals surface area contributed by atoms with E-state index in [1.807, 2.05) is 19.1 Å². The van der Waals surface area contributed by atoms with Crippen LogP contribution in [0, 0.1) is 20.8 Å². The smallest absolute Gasteiger partial charge is 0.241 e. The zero-order valence-electron chi connectivity index (χ0n) is 15.9. The number of halogens is 1. The van der Waals surface area contributed by atoms with Crippen LogP contribution < -0.4 is 10.5 Å². The van der Waals surface area contributed by atoms with Gasteiger partial charge in [-0.15, -0.1) is 12.4 Å². The number of hydrogen-bond acceptors (Lipinski definition) is 6. The fourth-order valence-electron chi connectivity index (χ4n) is 3.74. The number of nitrogens with two attached hydrogens (primary N) is 1. The highest BCUT2D eigenvalue weighted by molar-refractivity contribution is 7.89. The summed E-state index contributed by atoms with van der Waals surface area (Å²) in [6.45, 7) is 5.75. The molecule has 0 spiro atoms. The molecule has 1 aliphatic rings. The summed E-state index contributed by atoms with van der Waals surface area (Å²) in [5.41, 5.74) is 8.33. The molecule has 3 rings (SSSR count). The maximum atomic E-state index is 12.6. The molecule has 0 atom stereocenters. The van der Waals surface area contributed by atoms with E-state index in [0.29, 0.717) is 23.0 Å². The van der Waals surface area contributed by atoms with Crippen molar-refractivity contribution in [3.63, 3.8) is 0 Å². The van der Waals surface area contributed by atoms with Crippen molar-refractivity contribution < 1.29 is 12.9 Å². The molecule has 0 aliphatic heterocycles. The van der Waals surface area contributed by atoms with Crippen molar-refractivity contribution in [1.29, 1.82) is 0 Å². The van der Waals surface area contributed by atoms with E-state index in [2.05, 4.69) is 14.9 Å². The Kier molecular flexibility index (Phi) is 6.68. The van der Waals surface area contributed by atoms with Gasteiger partial charge >= 0.3 is 0 Å². The number of nitrogens with one attached hydrogen (secondary N) is 1. The highest BCUT2D eigenvalue weighted by Crippen LogP contribution is 2.34. The van der Waals surface area contributed by atoms with Gasteiger partial charge in [-0.25, -0.2) is 13.1 Å². The zero-order valence-corrected chi connectivity index (χ0v) is 17.5. The Hall–Kier alpha value is -1.48. The minimum Gasteiger partial charge on any atom is -0.339 e. The number of aromatic nitrogens is 2. The molecular weight excluding hydrogens is 388 g/mol. The Balaban J connectivity index is 0.00000261. The van der Waals surface area contributed by atoms with E-state index in [0.717, 1.165) is 42.4 Å². The SMILES string of the molecule is Cc1cc(C)c(S(=O)(=O)NCCc2nc(C3(N)CCCC3)no2)c(C)c1.Cl. The van der Waals surface area contributed by atoms with Crippen LogP contribution >= 0.6 is 12.4 Å². The average Bonchev–Trinajstić information content (AvgIpc) is 3.15. The lowest BCUT2D eigenvalue weighted by Crippen LogP contribution is -2.34. The largest absolute Gasteiger partial charge is 0.339 e. The first-order valence-electron chi connectivity index (χ1n) is 8.91. The Morgan fingerprint density at radius 1 is 1.19 bits per heavy atom. The molecule has 0 bridgehead atoms. The highest BCUT2D eigenvalue weighted by Gasteiger charge is 2.35. The maximum absolute atomic E-state index is 12.6. The van der Waals surface area contributed by atoms with Crippen molar-refractivity contribution in [1.82, 2.24) is 14.9 Å². The van der Waals surface area contributed by atoms with Crippen LogP contribution in [0.4, 0.5) is 0 Å². The molecule has 0 unspecified atom stereocenters. The topological polar surface area (TPSA) is 111 Å². The van der Waals surface area contributed by atoms with Gasteiger partial charge in [-0.2, -0.15) is 4.98 Å². The summed E-state index contributed by atoms with van der Waals surface area (Å²) in [6, 6.07) is 3.74. The van der Waals surface area contributed by atoms with Gasteiger partial charge < -0.3 is 10.3 Å². The fraction of sp³-hybridized carbons (Fsp3) is 0.556. The summed E-state index contributed by atoms with van der Waals surface area (Å²) < 4.78 is 33.2. The third-order valence-electron chi connectivity index (χ3n) is 4.91. The number of sulfonamides is 1. The van der Waals surface area contributed by atoms with Crippen LogP contribution in [-0.4, -0.2) is 25.1 Å². The van der Waals surface area contributed by atoms with Crippen molar-refractivity contribution in [3.8, 4) is 0 Å². The average molecular weight is 415 g/mol. The molecule has 9 heteroatoms. The highest BCUT2D eigenvalue weighted by atomic mass is 35.5. The number of nitrogens with zero attached hydrogens (tertiary/aromatic N) is 2. The second kappa shape index (κ2) is 8.26. The van der Waals surface area contributed by atoms with Crippen molar-refractivity contribution in [3.05, 3.63) is 40.5 Å². The molecule has 2 aromatic rings. The predicted octanol–water partition coefficient (Wildman–Crippen LogP) is 2.67. The summed E-state index contributed by atoms with van der Waals surface area (Å²) in [5, 5.41) is 3.99. The number of benzene rings is 1. The molecule has 150 valence electrons.